The van der Waals surface area contributed by atoms with Gasteiger partial charge in [0.05, 0.1) is 18.8 Å². The summed E-state index contributed by atoms with van der Waals surface area (Å²) in [5.41, 5.74) is 0.959. The lowest BCUT2D eigenvalue weighted by Crippen LogP contribution is -2.31. The lowest BCUT2D eigenvalue weighted by atomic mass is 9.92. The van der Waals surface area contributed by atoms with Crippen molar-refractivity contribution in [3.8, 4) is 0 Å². The molecule has 0 bridgehead atoms. The van der Waals surface area contributed by atoms with Gasteiger partial charge in [-0.2, -0.15) is 0 Å². The van der Waals surface area contributed by atoms with E-state index in [1.54, 1.807) is 0 Å². The molecule has 0 radical (unpaired) electrons. The average Bonchev–Trinajstić information content (AvgIpc) is 2.76. The van der Waals surface area contributed by atoms with Gasteiger partial charge in [-0.3, -0.25) is 0 Å². The second-order valence-corrected chi connectivity index (χ2v) is 4.33. The Morgan fingerprint density at radius 3 is 2.86 bits per heavy atom. The molecule has 0 unspecified atom stereocenters. The highest BCUT2D eigenvalue weighted by molar-refractivity contribution is 9.10. The van der Waals surface area contributed by atoms with Gasteiger partial charge in [-0.15, -0.1) is 0 Å². The third-order valence-corrected chi connectivity index (χ3v) is 3.31. The summed E-state index contributed by atoms with van der Waals surface area (Å²) in [6.45, 7) is 1.30. The molecule has 1 aromatic heterocycles. The number of halogens is 1. The summed E-state index contributed by atoms with van der Waals surface area (Å²) in [5.74, 6) is 0.317. The summed E-state index contributed by atoms with van der Waals surface area (Å²) in [4.78, 5) is 0. The van der Waals surface area contributed by atoms with Crippen LogP contribution in [0, 0.1) is 0 Å². The number of hydrogen-bond donors (Lipinski definition) is 0. The minimum Gasteiger partial charge on any atom is -0.360 e. The van der Waals surface area contributed by atoms with Gasteiger partial charge >= 0.3 is 0 Å². The number of ether oxygens (including phenoxy) is 2. The number of aryl methyl sites for hydroxylation is 1. The van der Waals surface area contributed by atoms with E-state index in [9.17, 15) is 0 Å². The van der Waals surface area contributed by atoms with E-state index in [0.717, 1.165) is 30.6 Å². The Bertz CT molecular complexity index is 357. The molecule has 0 atom stereocenters. The first-order chi connectivity index (χ1) is 6.82. The molecular formula is C9H10BrNO3. The van der Waals surface area contributed by atoms with Crippen LogP contribution in [-0.2, 0) is 21.7 Å². The van der Waals surface area contributed by atoms with E-state index in [4.69, 9.17) is 14.0 Å². The van der Waals surface area contributed by atoms with Gasteiger partial charge in [-0.05, 0) is 22.4 Å². The molecule has 3 rings (SSSR count). The SMILES string of the molecule is Brc1noc2c1C1(CCC2)OCCO1. The first-order valence-corrected chi connectivity index (χ1v) is 5.53. The molecule has 1 aromatic rings. The van der Waals surface area contributed by atoms with Gasteiger partial charge < -0.3 is 14.0 Å². The summed E-state index contributed by atoms with van der Waals surface area (Å²) in [6.07, 6.45) is 2.83. The molecule has 1 aliphatic heterocycles. The van der Waals surface area contributed by atoms with Gasteiger partial charge in [-0.25, -0.2) is 0 Å². The van der Waals surface area contributed by atoms with E-state index in [1.165, 1.54) is 0 Å². The predicted molar refractivity (Wildman–Crippen MR) is 50.7 cm³/mol. The van der Waals surface area contributed by atoms with Gasteiger partial charge in [0.2, 0.25) is 5.79 Å². The smallest absolute Gasteiger partial charge is 0.201 e. The van der Waals surface area contributed by atoms with Crippen LogP contribution in [0.15, 0.2) is 9.13 Å². The van der Waals surface area contributed by atoms with Crippen LogP contribution in [0.25, 0.3) is 0 Å². The highest BCUT2D eigenvalue weighted by atomic mass is 79.9. The number of rotatable bonds is 0. The third-order valence-electron chi connectivity index (χ3n) is 2.77. The van der Waals surface area contributed by atoms with Crippen molar-refractivity contribution in [3.05, 3.63) is 15.9 Å². The lowest BCUT2D eigenvalue weighted by Gasteiger charge is -2.30. The second-order valence-electron chi connectivity index (χ2n) is 3.57. The van der Waals surface area contributed by atoms with Crippen LogP contribution in [-0.4, -0.2) is 18.4 Å². The predicted octanol–water partition coefficient (Wildman–Crippen LogP) is 1.97. The fraction of sp³-hybridized carbons (Fsp3) is 0.667. The van der Waals surface area contributed by atoms with Crippen molar-refractivity contribution in [1.29, 1.82) is 0 Å². The Labute approximate surface area is 89.7 Å². The standard InChI is InChI=1S/C9H10BrNO3/c10-8-7-6(14-11-8)2-1-3-9(7)12-4-5-13-9/h1-5H2. The normalized spacial score (nSPS) is 24.1. The first-order valence-electron chi connectivity index (χ1n) is 4.74. The second kappa shape index (κ2) is 3.05. The van der Waals surface area contributed by atoms with Crippen molar-refractivity contribution in [2.24, 2.45) is 0 Å². The summed E-state index contributed by atoms with van der Waals surface area (Å²) in [7, 11) is 0. The molecule has 0 aromatic carbocycles. The van der Waals surface area contributed by atoms with Crippen molar-refractivity contribution in [3.63, 3.8) is 0 Å². The van der Waals surface area contributed by atoms with Crippen LogP contribution < -0.4 is 0 Å². The average molecular weight is 260 g/mol. The van der Waals surface area contributed by atoms with Crippen LogP contribution in [0.5, 0.6) is 0 Å². The molecule has 76 valence electrons. The molecule has 1 aliphatic carbocycles. The molecule has 1 spiro atoms. The monoisotopic (exact) mass is 259 g/mol. The van der Waals surface area contributed by atoms with Crippen LogP contribution >= 0.6 is 15.9 Å². The zero-order chi connectivity index (χ0) is 9.60. The Morgan fingerprint density at radius 2 is 2.07 bits per heavy atom. The molecule has 2 aliphatic rings. The van der Waals surface area contributed by atoms with Crippen molar-refractivity contribution >= 4 is 15.9 Å². The Morgan fingerprint density at radius 1 is 1.29 bits per heavy atom. The lowest BCUT2D eigenvalue weighted by molar-refractivity contribution is -0.176. The van der Waals surface area contributed by atoms with Gasteiger partial charge in [0.15, 0.2) is 4.60 Å². The topological polar surface area (TPSA) is 44.5 Å². The summed E-state index contributed by atoms with van der Waals surface area (Å²) >= 11 is 3.37. The zero-order valence-corrected chi connectivity index (χ0v) is 9.17. The third kappa shape index (κ3) is 1.09. The molecule has 2 heterocycles. The largest absolute Gasteiger partial charge is 0.360 e. The maximum Gasteiger partial charge on any atom is 0.201 e. The molecule has 0 amide bonds. The quantitative estimate of drug-likeness (QED) is 0.715. The fourth-order valence-corrected chi connectivity index (χ4v) is 2.79. The summed E-state index contributed by atoms with van der Waals surface area (Å²) < 4.78 is 17.3. The van der Waals surface area contributed by atoms with Crippen molar-refractivity contribution in [2.45, 2.75) is 25.0 Å². The van der Waals surface area contributed by atoms with Crippen LogP contribution in [0.1, 0.15) is 24.2 Å². The van der Waals surface area contributed by atoms with E-state index < -0.39 is 5.79 Å². The maximum absolute atomic E-state index is 5.69. The molecular weight excluding hydrogens is 250 g/mol. The zero-order valence-electron chi connectivity index (χ0n) is 7.59. The molecule has 0 saturated carbocycles. The Hall–Kier alpha value is -0.390. The Balaban J connectivity index is 2.13. The number of nitrogens with zero attached hydrogens (tertiary/aromatic N) is 1. The fourth-order valence-electron chi connectivity index (χ4n) is 2.19. The van der Waals surface area contributed by atoms with Gasteiger partial charge in [0.1, 0.15) is 5.76 Å². The van der Waals surface area contributed by atoms with E-state index in [2.05, 4.69) is 21.1 Å². The number of fused-ring (bicyclic) bond motifs is 2. The van der Waals surface area contributed by atoms with E-state index in [0.29, 0.717) is 17.8 Å². The van der Waals surface area contributed by atoms with E-state index in [-0.39, 0.29) is 0 Å². The van der Waals surface area contributed by atoms with Crippen molar-refractivity contribution in [2.75, 3.05) is 13.2 Å². The maximum atomic E-state index is 5.69. The molecule has 14 heavy (non-hydrogen) atoms. The highest BCUT2D eigenvalue weighted by Crippen LogP contribution is 2.45. The van der Waals surface area contributed by atoms with Gasteiger partial charge in [-0.1, -0.05) is 5.16 Å². The van der Waals surface area contributed by atoms with Crippen molar-refractivity contribution < 1.29 is 14.0 Å². The van der Waals surface area contributed by atoms with Crippen LogP contribution in [0.2, 0.25) is 0 Å². The number of hydrogen-bond acceptors (Lipinski definition) is 4. The first kappa shape index (κ1) is 8.88. The minimum absolute atomic E-state index is 0.577. The van der Waals surface area contributed by atoms with Gasteiger partial charge in [0, 0.05) is 12.8 Å². The van der Waals surface area contributed by atoms with E-state index in [1.807, 2.05) is 0 Å². The molecule has 1 fully saturated rings. The van der Waals surface area contributed by atoms with Crippen molar-refractivity contribution in [1.82, 2.24) is 5.16 Å². The van der Waals surface area contributed by atoms with E-state index >= 15 is 0 Å². The molecule has 0 N–H and O–H groups in total. The summed E-state index contributed by atoms with van der Waals surface area (Å²) in [6, 6.07) is 0. The summed E-state index contributed by atoms with van der Waals surface area (Å²) in [5, 5.41) is 3.90. The Kier molecular flexibility index (Phi) is 1.93. The molecule has 1 saturated heterocycles. The highest BCUT2D eigenvalue weighted by Gasteiger charge is 2.46. The van der Waals surface area contributed by atoms with Crippen LogP contribution in [0.3, 0.4) is 0 Å². The van der Waals surface area contributed by atoms with Crippen LogP contribution in [0.4, 0.5) is 0 Å². The molecule has 4 nitrogen and oxygen atoms in total. The number of aromatic nitrogens is 1. The molecule has 5 heteroatoms. The minimum atomic E-state index is -0.577. The van der Waals surface area contributed by atoms with Gasteiger partial charge in [0.25, 0.3) is 0 Å².